The fourth-order valence-corrected chi connectivity index (χ4v) is 4.66. The fourth-order valence-electron chi connectivity index (χ4n) is 4.54. The van der Waals surface area contributed by atoms with E-state index in [1.54, 1.807) is 30.3 Å². The molecule has 2 aliphatic heterocycles. The van der Waals surface area contributed by atoms with Gasteiger partial charge in [0.2, 0.25) is 5.91 Å². The summed E-state index contributed by atoms with van der Waals surface area (Å²) < 4.78 is 30.2. The van der Waals surface area contributed by atoms with Crippen molar-refractivity contribution in [2.24, 2.45) is 0 Å². The number of fused-ring (bicyclic) bond motifs is 1. The molecule has 2 aliphatic rings. The smallest absolute Gasteiger partial charge is 0.307 e. The van der Waals surface area contributed by atoms with Gasteiger partial charge in [0.1, 0.15) is 16.4 Å². The second-order valence-electron chi connectivity index (χ2n) is 8.81. The van der Waals surface area contributed by atoms with E-state index in [0.717, 1.165) is 12.1 Å². The number of urea groups is 1. The maximum absolute atomic E-state index is 15.1. The van der Waals surface area contributed by atoms with Crippen molar-refractivity contribution in [3.8, 4) is 11.8 Å². The standard InChI is InChI=1S/C27H19ClF2N4O3/c1-27-15-23(35)34(24-20(29)13-18(14-21(24)30)8-7-17-5-3-2-4-6-17)26(37)33(27)12-11-32(25(27)36)19-9-10-22(28)31-16-19/h2-6,9-10,13-14,16H,11-12,15H2,1H3/t27-/m0/s1. The molecule has 3 aromatic rings. The quantitative estimate of drug-likeness (QED) is 0.371. The van der Waals surface area contributed by atoms with Gasteiger partial charge in [-0.1, -0.05) is 41.6 Å². The molecule has 37 heavy (non-hydrogen) atoms. The Labute approximate surface area is 216 Å². The van der Waals surface area contributed by atoms with Crippen LogP contribution in [0.25, 0.3) is 0 Å². The van der Waals surface area contributed by atoms with Crippen LogP contribution in [0.4, 0.5) is 25.0 Å². The summed E-state index contributed by atoms with van der Waals surface area (Å²) in [5, 5.41) is 0.251. The third-order valence-electron chi connectivity index (χ3n) is 6.40. The van der Waals surface area contributed by atoms with Crippen LogP contribution in [0.1, 0.15) is 24.5 Å². The number of hydrogen-bond donors (Lipinski definition) is 0. The molecule has 186 valence electrons. The van der Waals surface area contributed by atoms with E-state index in [1.807, 2.05) is 6.07 Å². The molecule has 0 saturated carbocycles. The van der Waals surface area contributed by atoms with Gasteiger partial charge in [0, 0.05) is 24.2 Å². The molecular formula is C27H19ClF2N4O3. The zero-order valence-corrected chi connectivity index (χ0v) is 20.3. The van der Waals surface area contributed by atoms with Gasteiger partial charge in [-0.2, -0.15) is 0 Å². The van der Waals surface area contributed by atoms with Gasteiger partial charge in [0.15, 0.2) is 11.6 Å². The van der Waals surface area contributed by atoms with Gasteiger partial charge in [-0.25, -0.2) is 23.5 Å². The van der Waals surface area contributed by atoms with E-state index >= 15 is 8.78 Å². The fraction of sp³-hybridized carbons (Fsp3) is 0.185. The average molecular weight is 521 g/mol. The molecule has 4 amide bonds. The molecule has 0 radical (unpaired) electrons. The normalized spacial score (nSPS) is 19.5. The van der Waals surface area contributed by atoms with Gasteiger partial charge in [-0.15, -0.1) is 0 Å². The van der Waals surface area contributed by atoms with E-state index in [0.29, 0.717) is 16.2 Å². The molecule has 0 spiro atoms. The summed E-state index contributed by atoms with van der Waals surface area (Å²) in [6, 6.07) is 13.0. The van der Waals surface area contributed by atoms with Crippen molar-refractivity contribution in [1.82, 2.24) is 9.88 Å². The van der Waals surface area contributed by atoms with Gasteiger partial charge in [-0.3, -0.25) is 9.59 Å². The van der Waals surface area contributed by atoms with Crippen molar-refractivity contribution in [2.45, 2.75) is 18.9 Å². The van der Waals surface area contributed by atoms with Crippen LogP contribution in [0.15, 0.2) is 60.8 Å². The van der Waals surface area contributed by atoms with Crippen LogP contribution >= 0.6 is 11.6 Å². The zero-order valence-electron chi connectivity index (χ0n) is 19.5. The number of carbonyl (C=O) groups is 3. The largest absolute Gasteiger partial charge is 0.332 e. The van der Waals surface area contributed by atoms with E-state index in [4.69, 9.17) is 11.6 Å². The summed E-state index contributed by atoms with van der Waals surface area (Å²) in [4.78, 5) is 46.9. The van der Waals surface area contributed by atoms with Crippen LogP contribution in [-0.4, -0.2) is 46.4 Å². The number of piperazine rings is 1. The number of carbonyl (C=O) groups excluding carboxylic acids is 3. The van der Waals surface area contributed by atoms with Crippen LogP contribution in [-0.2, 0) is 9.59 Å². The molecule has 2 aromatic carbocycles. The van der Waals surface area contributed by atoms with Crippen LogP contribution in [0.5, 0.6) is 0 Å². The number of imide groups is 1. The van der Waals surface area contributed by atoms with Crippen molar-refractivity contribution in [3.63, 3.8) is 0 Å². The molecule has 5 rings (SSSR count). The Morgan fingerprint density at radius 3 is 2.27 bits per heavy atom. The van der Waals surface area contributed by atoms with Gasteiger partial charge in [-0.05, 0) is 43.3 Å². The van der Waals surface area contributed by atoms with Crippen molar-refractivity contribution >= 4 is 40.8 Å². The first-order valence-electron chi connectivity index (χ1n) is 11.3. The highest BCUT2D eigenvalue weighted by Crippen LogP contribution is 2.38. The van der Waals surface area contributed by atoms with Crippen LogP contribution in [0, 0.1) is 23.5 Å². The molecule has 10 heteroatoms. The Hall–Kier alpha value is -4.29. The van der Waals surface area contributed by atoms with Gasteiger partial charge in [0.25, 0.3) is 5.91 Å². The Balaban J connectivity index is 1.44. The number of amides is 4. The Kier molecular flexibility index (Phi) is 6.13. The lowest BCUT2D eigenvalue weighted by atomic mass is 9.88. The summed E-state index contributed by atoms with van der Waals surface area (Å²) in [5.41, 5.74) is -1.16. The highest BCUT2D eigenvalue weighted by atomic mass is 35.5. The maximum atomic E-state index is 15.1. The van der Waals surface area contributed by atoms with Crippen LogP contribution in [0.3, 0.4) is 0 Å². The molecule has 1 aromatic heterocycles. The Morgan fingerprint density at radius 2 is 1.62 bits per heavy atom. The van der Waals surface area contributed by atoms with Crippen molar-refractivity contribution < 1.29 is 23.2 Å². The van der Waals surface area contributed by atoms with Crippen LogP contribution < -0.4 is 9.80 Å². The molecule has 0 N–H and O–H groups in total. The van der Waals surface area contributed by atoms with Gasteiger partial charge in [0.05, 0.1) is 18.3 Å². The van der Waals surface area contributed by atoms with E-state index in [-0.39, 0.29) is 23.8 Å². The molecule has 2 fully saturated rings. The molecule has 7 nitrogen and oxygen atoms in total. The van der Waals surface area contributed by atoms with E-state index < -0.39 is 47.1 Å². The van der Waals surface area contributed by atoms with Gasteiger partial charge < -0.3 is 9.80 Å². The Bertz CT molecular complexity index is 1460. The minimum Gasteiger partial charge on any atom is -0.307 e. The highest BCUT2D eigenvalue weighted by Gasteiger charge is 2.56. The molecule has 0 aliphatic carbocycles. The number of hydrogen-bond acceptors (Lipinski definition) is 4. The lowest BCUT2D eigenvalue weighted by molar-refractivity contribution is -0.137. The molecule has 0 unspecified atom stereocenters. The van der Waals surface area contributed by atoms with E-state index in [1.165, 1.54) is 29.0 Å². The van der Waals surface area contributed by atoms with Crippen molar-refractivity contribution in [1.29, 1.82) is 0 Å². The molecule has 2 saturated heterocycles. The first-order chi connectivity index (χ1) is 17.7. The zero-order chi connectivity index (χ0) is 26.3. The van der Waals surface area contributed by atoms with E-state index in [9.17, 15) is 14.4 Å². The summed E-state index contributed by atoms with van der Waals surface area (Å²) >= 11 is 5.83. The predicted octanol–water partition coefficient (Wildman–Crippen LogP) is 4.38. The molecule has 0 bridgehead atoms. The first kappa shape index (κ1) is 24.4. The SMILES string of the molecule is C[C@@]12CC(=O)N(c3c(F)cc(C#Cc4ccccc4)cc3F)C(=O)N1CCN(c1ccc(Cl)nc1)C2=O. The predicted molar refractivity (Wildman–Crippen MR) is 133 cm³/mol. The third-order valence-corrected chi connectivity index (χ3v) is 6.63. The second kappa shape index (κ2) is 9.30. The van der Waals surface area contributed by atoms with Crippen molar-refractivity contribution in [2.75, 3.05) is 22.9 Å². The topological polar surface area (TPSA) is 73.8 Å². The number of halogens is 3. The van der Waals surface area contributed by atoms with Crippen LogP contribution in [0.2, 0.25) is 5.15 Å². The number of rotatable bonds is 2. The number of anilines is 2. The summed E-state index contributed by atoms with van der Waals surface area (Å²) in [5.74, 6) is 1.87. The lowest BCUT2D eigenvalue weighted by Crippen LogP contribution is -2.73. The molecular weight excluding hydrogens is 502 g/mol. The summed E-state index contributed by atoms with van der Waals surface area (Å²) in [6.07, 6.45) is 0.967. The average Bonchev–Trinajstić information content (AvgIpc) is 2.87. The number of nitrogens with zero attached hydrogens (tertiary/aromatic N) is 4. The first-order valence-corrected chi connectivity index (χ1v) is 11.7. The minimum atomic E-state index is -1.53. The lowest BCUT2D eigenvalue weighted by Gasteiger charge is -2.51. The van der Waals surface area contributed by atoms with E-state index in [2.05, 4.69) is 16.8 Å². The summed E-state index contributed by atoms with van der Waals surface area (Å²) in [7, 11) is 0. The minimum absolute atomic E-state index is 0.0390. The van der Waals surface area contributed by atoms with Crippen molar-refractivity contribution in [3.05, 3.63) is 88.7 Å². The monoisotopic (exact) mass is 520 g/mol. The number of aromatic nitrogens is 1. The summed E-state index contributed by atoms with van der Waals surface area (Å²) in [6.45, 7) is 1.61. The third kappa shape index (κ3) is 4.30. The number of pyridine rings is 1. The highest BCUT2D eigenvalue weighted by molar-refractivity contribution is 6.29. The van der Waals surface area contributed by atoms with Gasteiger partial charge >= 0.3 is 6.03 Å². The molecule has 1 atom stereocenters. The maximum Gasteiger partial charge on any atom is 0.332 e. The second-order valence-corrected chi connectivity index (χ2v) is 9.20. The number of benzene rings is 2. The Morgan fingerprint density at radius 1 is 0.946 bits per heavy atom. The molecule has 3 heterocycles.